The van der Waals surface area contributed by atoms with E-state index >= 15 is 0 Å². The average molecular weight is 175 g/mol. The van der Waals surface area contributed by atoms with E-state index in [-0.39, 0.29) is 0 Å². The lowest BCUT2D eigenvalue weighted by Gasteiger charge is -2.14. The summed E-state index contributed by atoms with van der Waals surface area (Å²) in [7, 11) is 0. The van der Waals surface area contributed by atoms with Crippen LogP contribution in [0.5, 0.6) is 0 Å². The van der Waals surface area contributed by atoms with E-state index in [1.165, 1.54) is 17.1 Å². The van der Waals surface area contributed by atoms with Crippen LogP contribution >= 0.6 is 0 Å². The third kappa shape index (κ3) is 2.01. The molecule has 0 unspecified atom stereocenters. The Morgan fingerprint density at radius 3 is 2.75 bits per heavy atom. The van der Waals surface area contributed by atoms with Crippen molar-refractivity contribution in [1.29, 1.82) is 0 Å². The molecule has 0 aliphatic carbocycles. The molecule has 3 nitrogen and oxygen atoms in total. The number of aryl methyl sites for hydroxylation is 1. The Bertz CT molecular complexity index is 257. The normalized spacial score (nSPS) is 12.0. The van der Waals surface area contributed by atoms with Gasteiger partial charge >= 0.3 is 0 Å². The summed E-state index contributed by atoms with van der Waals surface area (Å²) in [5, 5.41) is 0. The monoisotopic (exact) mass is 175 g/mol. The molecule has 0 bridgehead atoms. The van der Waals surface area contributed by atoms with Gasteiger partial charge < -0.3 is 10.3 Å². The molecular formula is C7H11F2N3. The quantitative estimate of drug-likeness (QED) is 0.737. The van der Waals surface area contributed by atoms with Crippen molar-refractivity contribution in [3.8, 4) is 0 Å². The molecule has 1 heterocycles. The van der Waals surface area contributed by atoms with Crippen molar-refractivity contribution >= 4 is 0 Å². The number of nitrogens with zero attached hydrogens (tertiary/aromatic N) is 2. The SMILES string of the molecule is Cc1cncn1CC(F)(F)CN. The highest BCUT2D eigenvalue weighted by Gasteiger charge is 2.27. The van der Waals surface area contributed by atoms with E-state index < -0.39 is 19.0 Å². The Balaban J connectivity index is 2.70. The van der Waals surface area contributed by atoms with E-state index in [1.54, 1.807) is 6.92 Å². The lowest BCUT2D eigenvalue weighted by molar-refractivity contribution is -0.00711. The topological polar surface area (TPSA) is 43.8 Å². The Morgan fingerprint density at radius 1 is 1.67 bits per heavy atom. The second-order valence-electron chi connectivity index (χ2n) is 2.72. The molecule has 2 N–H and O–H groups in total. The Kier molecular flexibility index (Phi) is 2.42. The zero-order valence-electron chi connectivity index (χ0n) is 6.80. The lowest BCUT2D eigenvalue weighted by Crippen LogP contribution is -2.32. The van der Waals surface area contributed by atoms with Crippen LogP contribution in [0.3, 0.4) is 0 Å². The fourth-order valence-corrected chi connectivity index (χ4v) is 0.866. The van der Waals surface area contributed by atoms with Gasteiger partial charge in [0.25, 0.3) is 5.92 Å². The summed E-state index contributed by atoms with van der Waals surface area (Å²) in [6.07, 6.45) is 2.91. The van der Waals surface area contributed by atoms with Crippen LogP contribution in [-0.2, 0) is 6.54 Å². The molecule has 0 amide bonds. The predicted octanol–water partition coefficient (Wildman–Crippen LogP) is 0.786. The number of imidazole rings is 1. The van der Waals surface area contributed by atoms with Crippen molar-refractivity contribution in [2.45, 2.75) is 19.4 Å². The molecule has 0 fully saturated rings. The fourth-order valence-electron chi connectivity index (χ4n) is 0.866. The number of halogens is 2. The van der Waals surface area contributed by atoms with Crippen molar-refractivity contribution in [2.75, 3.05) is 6.54 Å². The largest absolute Gasteiger partial charge is 0.329 e. The van der Waals surface area contributed by atoms with Gasteiger partial charge in [0.2, 0.25) is 0 Å². The zero-order valence-corrected chi connectivity index (χ0v) is 6.80. The minimum Gasteiger partial charge on any atom is -0.329 e. The van der Waals surface area contributed by atoms with Gasteiger partial charge in [-0.3, -0.25) is 0 Å². The van der Waals surface area contributed by atoms with Gasteiger partial charge in [-0.2, -0.15) is 0 Å². The van der Waals surface area contributed by atoms with Gasteiger partial charge in [0, 0.05) is 11.9 Å². The van der Waals surface area contributed by atoms with Crippen LogP contribution in [0.1, 0.15) is 5.69 Å². The van der Waals surface area contributed by atoms with Crippen LogP contribution in [0, 0.1) is 6.92 Å². The minimum atomic E-state index is -2.84. The van der Waals surface area contributed by atoms with E-state index in [4.69, 9.17) is 5.73 Å². The van der Waals surface area contributed by atoms with Gasteiger partial charge in [-0.25, -0.2) is 13.8 Å². The van der Waals surface area contributed by atoms with Crippen molar-refractivity contribution < 1.29 is 8.78 Å². The second kappa shape index (κ2) is 3.18. The number of alkyl halides is 2. The molecule has 5 heteroatoms. The maximum Gasteiger partial charge on any atom is 0.277 e. The van der Waals surface area contributed by atoms with Gasteiger partial charge in [0.05, 0.1) is 19.4 Å². The van der Waals surface area contributed by atoms with Crippen LogP contribution in [0.15, 0.2) is 12.5 Å². The van der Waals surface area contributed by atoms with Crippen molar-refractivity contribution in [1.82, 2.24) is 9.55 Å². The van der Waals surface area contributed by atoms with E-state index in [1.807, 2.05) is 0 Å². The van der Waals surface area contributed by atoms with Gasteiger partial charge in [0.15, 0.2) is 0 Å². The first-order valence-electron chi connectivity index (χ1n) is 3.60. The lowest BCUT2D eigenvalue weighted by atomic mass is 10.3. The van der Waals surface area contributed by atoms with Crippen LogP contribution in [0.2, 0.25) is 0 Å². The molecule has 68 valence electrons. The predicted molar refractivity (Wildman–Crippen MR) is 41.0 cm³/mol. The van der Waals surface area contributed by atoms with Crippen LogP contribution in [0.25, 0.3) is 0 Å². The van der Waals surface area contributed by atoms with E-state index in [9.17, 15) is 8.78 Å². The van der Waals surface area contributed by atoms with Crippen molar-refractivity contribution in [2.24, 2.45) is 5.73 Å². The smallest absolute Gasteiger partial charge is 0.277 e. The molecule has 0 atom stereocenters. The number of hydrogen-bond acceptors (Lipinski definition) is 2. The number of aromatic nitrogens is 2. The third-order valence-electron chi connectivity index (χ3n) is 1.62. The first kappa shape index (κ1) is 9.12. The summed E-state index contributed by atoms with van der Waals surface area (Å²) in [6, 6.07) is 0. The highest BCUT2D eigenvalue weighted by Crippen LogP contribution is 2.14. The molecule has 0 saturated carbocycles. The maximum absolute atomic E-state index is 12.7. The molecule has 0 aliphatic rings. The molecule has 12 heavy (non-hydrogen) atoms. The van der Waals surface area contributed by atoms with Crippen molar-refractivity contribution in [3.63, 3.8) is 0 Å². The van der Waals surface area contributed by atoms with Crippen molar-refractivity contribution in [3.05, 3.63) is 18.2 Å². The third-order valence-corrected chi connectivity index (χ3v) is 1.62. The van der Waals surface area contributed by atoms with E-state index in [0.717, 1.165) is 0 Å². The standard InChI is InChI=1S/C7H11F2N3/c1-6-2-11-5-12(6)4-7(8,9)3-10/h2,5H,3-4,10H2,1H3. The van der Waals surface area contributed by atoms with Gasteiger partial charge in [-0.1, -0.05) is 0 Å². The average Bonchev–Trinajstić information content (AvgIpc) is 2.36. The Labute approximate surface area is 69.2 Å². The molecule has 0 aliphatic heterocycles. The maximum atomic E-state index is 12.7. The van der Waals surface area contributed by atoms with Gasteiger partial charge in [-0.05, 0) is 6.92 Å². The van der Waals surface area contributed by atoms with Crippen LogP contribution in [-0.4, -0.2) is 22.0 Å². The summed E-state index contributed by atoms with van der Waals surface area (Å²) in [4.78, 5) is 3.73. The molecule has 0 radical (unpaired) electrons. The summed E-state index contributed by atoms with van der Waals surface area (Å²) >= 11 is 0. The minimum absolute atomic E-state index is 0.394. The zero-order chi connectivity index (χ0) is 9.19. The molecule has 1 aromatic rings. The molecule has 0 saturated heterocycles. The van der Waals surface area contributed by atoms with Crippen LogP contribution < -0.4 is 5.73 Å². The first-order chi connectivity index (χ1) is 5.55. The molecule has 0 spiro atoms. The van der Waals surface area contributed by atoms with Gasteiger partial charge in [-0.15, -0.1) is 0 Å². The molecule has 0 aromatic carbocycles. The van der Waals surface area contributed by atoms with E-state index in [2.05, 4.69) is 4.98 Å². The highest BCUT2D eigenvalue weighted by molar-refractivity contribution is 4.95. The molecular weight excluding hydrogens is 164 g/mol. The second-order valence-corrected chi connectivity index (χ2v) is 2.72. The number of hydrogen-bond donors (Lipinski definition) is 1. The summed E-state index contributed by atoms with van der Waals surface area (Å²) in [5.74, 6) is -2.84. The summed E-state index contributed by atoms with van der Waals surface area (Å²) < 4.78 is 26.8. The molecule has 1 rings (SSSR count). The molecule has 1 aromatic heterocycles. The fraction of sp³-hybridized carbons (Fsp3) is 0.571. The van der Waals surface area contributed by atoms with E-state index in [0.29, 0.717) is 5.69 Å². The highest BCUT2D eigenvalue weighted by atomic mass is 19.3. The first-order valence-corrected chi connectivity index (χ1v) is 3.60. The van der Waals surface area contributed by atoms with Crippen LogP contribution in [0.4, 0.5) is 8.78 Å². The van der Waals surface area contributed by atoms with Gasteiger partial charge in [0.1, 0.15) is 0 Å². The number of rotatable bonds is 3. The summed E-state index contributed by atoms with van der Waals surface area (Å²) in [6.45, 7) is 0.694. The summed E-state index contributed by atoms with van der Waals surface area (Å²) in [5.41, 5.74) is 5.60. The number of nitrogens with two attached hydrogens (primary N) is 1. The Morgan fingerprint density at radius 2 is 2.33 bits per heavy atom. The Hall–Kier alpha value is -0.970.